The van der Waals surface area contributed by atoms with Crippen LogP contribution in [0.1, 0.15) is 11.7 Å². The third kappa shape index (κ3) is 2.17. The van der Waals surface area contributed by atoms with Crippen LogP contribution in [0.5, 0.6) is 0 Å². The van der Waals surface area contributed by atoms with Gasteiger partial charge in [-0.2, -0.15) is 0 Å². The second kappa shape index (κ2) is 4.69. The Morgan fingerprint density at radius 3 is 3.00 bits per heavy atom. The average molecular weight is 212 g/mol. The fourth-order valence-corrected chi connectivity index (χ4v) is 1.80. The summed E-state index contributed by atoms with van der Waals surface area (Å²) in [6.07, 6.45) is 1.78. The molecule has 2 rings (SSSR count). The number of aromatic nitrogens is 3. The summed E-state index contributed by atoms with van der Waals surface area (Å²) in [5.41, 5.74) is 1.01. The van der Waals surface area contributed by atoms with Crippen molar-refractivity contribution in [3.8, 4) is 0 Å². The van der Waals surface area contributed by atoms with Crippen LogP contribution in [0.15, 0.2) is 6.20 Å². The van der Waals surface area contributed by atoms with Gasteiger partial charge in [-0.1, -0.05) is 5.21 Å². The minimum atomic E-state index is 0.0287. The van der Waals surface area contributed by atoms with E-state index in [1.807, 2.05) is 14.1 Å². The van der Waals surface area contributed by atoms with E-state index >= 15 is 0 Å². The first-order valence-electron chi connectivity index (χ1n) is 5.04. The van der Waals surface area contributed by atoms with Crippen LogP contribution in [0.25, 0.3) is 0 Å². The number of hydrogen-bond acceptors (Lipinski definition) is 5. The Morgan fingerprint density at radius 1 is 1.60 bits per heavy atom. The molecule has 1 fully saturated rings. The van der Waals surface area contributed by atoms with Crippen LogP contribution in [0, 0.1) is 0 Å². The summed E-state index contributed by atoms with van der Waals surface area (Å²) in [7, 11) is 3.77. The largest absolute Gasteiger partial charge is 0.376 e. The van der Waals surface area contributed by atoms with E-state index in [1.54, 1.807) is 10.9 Å². The summed E-state index contributed by atoms with van der Waals surface area (Å²) in [5.74, 6) is 0. The molecule has 6 heteroatoms. The summed E-state index contributed by atoms with van der Waals surface area (Å²) in [6.45, 7) is 1.93. The topological polar surface area (TPSA) is 61.2 Å². The molecule has 0 radical (unpaired) electrons. The van der Waals surface area contributed by atoms with Crippen LogP contribution < -0.4 is 5.32 Å². The number of likely N-dealkylation sites (N-methyl/N-ethyl adjacent to an activating group) is 1. The third-order valence-electron chi connectivity index (χ3n) is 2.59. The predicted octanol–water partition coefficient (Wildman–Crippen LogP) is -0.509. The average Bonchev–Trinajstić information content (AvgIpc) is 2.68. The lowest BCUT2D eigenvalue weighted by atomic mass is 10.1. The predicted molar refractivity (Wildman–Crippen MR) is 53.4 cm³/mol. The second-order valence-corrected chi connectivity index (χ2v) is 3.53. The molecule has 0 spiro atoms. The van der Waals surface area contributed by atoms with Crippen molar-refractivity contribution in [2.24, 2.45) is 7.05 Å². The van der Waals surface area contributed by atoms with Gasteiger partial charge in [-0.25, -0.2) is 0 Å². The fourth-order valence-electron chi connectivity index (χ4n) is 1.80. The Morgan fingerprint density at radius 2 is 2.47 bits per heavy atom. The van der Waals surface area contributed by atoms with Crippen molar-refractivity contribution < 1.29 is 9.47 Å². The smallest absolute Gasteiger partial charge is 0.102 e. The van der Waals surface area contributed by atoms with Crippen molar-refractivity contribution >= 4 is 0 Å². The van der Waals surface area contributed by atoms with Crippen LogP contribution in [-0.4, -0.2) is 48.0 Å². The quantitative estimate of drug-likeness (QED) is 0.731. The molecule has 84 valence electrons. The van der Waals surface area contributed by atoms with Crippen molar-refractivity contribution in [3.05, 3.63) is 11.9 Å². The highest BCUT2D eigenvalue weighted by Gasteiger charge is 2.27. The van der Waals surface area contributed by atoms with Crippen molar-refractivity contribution in [1.29, 1.82) is 0 Å². The van der Waals surface area contributed by atoms with Crippen molar-refractivity contribution in [2.45, 2.75) is 12.1 Å². The lowest BCUT2D eigenvalue weighted by molar-refractivity contribution is -0.102. The Balaban J connectivity index is 2.12. The van der Waals surface area contributed by atoms with Gasteiger partial charge in [-0.3, -0.25) is 4.68 Å². The number of ether oxygens (including phenoxy) is 2. The first kappa shape index (κ1) is 10.5. The molecule has 0 bridgehead atoms. The Bertz CT molecular complexity index is 309. The Hall–Kier alpha value is -0.980. The lowest BCUT2D eigenvalue weighted by Crippen LogP contribution is -2.40. The first-order valence-corrected chi connectivity index (χ1v) is 5.04. The number of aryl methyl sites for hydroxylation is 1. The van der Waals surface area contributed by atoms with E-state index in [0.717, 1.165) is 5.69 Å². The zero-order chi connectivity index (χ0) is 10.7. The monoisotopic (exact) mass is 212 g/mol. The van der Waals surface area contributed by atoms with Crippen molar-refractivity contribution in [3.63, 3.8) is 0 Å². The van der Waals surface area contributed by atoms with Crippen LogP contribution in [0.3, 0.4) is 0 Å². The first-order chi connectivity index (χ1) is 7.33. The summed E-state index contributed by atoms with van der Waals surface area (Å²) >= 11 is 0. The van der Waals surface area contributed by atoms with E-state index in [1.165, 1.54) is 0 Å². The van der Waals surface area contributed by atoms with Gasteiger partial charge in [0.25, 0.3) is 0 Å². The maximum absolute atomic E-state index is 5.65. The van der Waals surface area contributed by atoms with Crippen LogP contribution >= 0.6 is 0 Å². The zero-order valence-corrected chi connectivity index (χ0v) is 9.01. The van der Waals surface area contributed by atoms with E-state index < -0.39 is 0 Å². The van der Waals surface area contributed by atoms with Gasteiger partial charge in [-0.05, 0) is 7.05 Å². The molecule has 2 atom stereocenters. The minimum Gasteiger partial charge on any atom is -0.376 e. The maximum Gasteiger partial charge on any atom is 0.102 e. The molecule has 1 saturated heterocycles. The third-order valence-corrected chi connectivity index (χ3v) is 2.59. The van der Waals surface area contributed by atoms with Gasteiger partial charge in [-0.15, -0.1) is 5.10 Å². The summed E-state index contributed by atoms with van der Waals surface area (Å²) in [6, 6.07) is 0.0744. The molecule has 2 heterocycles. The zero-order valence-electron chi connectivity index (χ0n) is 9.01. The number of hydrogen-bond donors (Lipinski definition) is 1. The van der Waals surface area contributed by atoms with E-state index in [0.29, 0.717) is 19.8 Å². The van der Waals surface area contributed by atoms with Gasteiger partial charge in [0.1, 0.15) is 6.10 Å². The van der Waals surface area contributed by atoms with Gasteiger partial charge >= 0.3 is 0 Å². The summed E-state index contributed by atoms with van der Waals surface area (Å²) in [4.78, 5) is 0. The van der Waals surface area contributed by atoms with Crippen LogP contribution in [0.2, 0.25) is 0 Å². The van der Waals surface area contributed by atoms with E-state index in [4.69, 9.17) is 9.47 Å². The summed E-state index contributed by atoms with van der Waals surface area (Å²) in [5, 5.41) is 11.0. The molecule has 15 heavy (non-hydrogen) atoms. The molecular formula is C9H16N4O2. The SMILES string of the molecule is CNC(c1cnnn1C)C1COCCO1. The van der Waals surface area contributed by atoms with Crippen LogP contribution in [-0.2, 0) is 16.5 Å². The molecule has 0 saturated carbocycles. The van der Waals surface area contributed by atoms with Gasteiger partial charge in [0.05, 0.1) is 37.8 Å². The van der Waals surface area contributed by atoms with Gasteiger partial charge < -0.3 is 14.8 Å². The molecule has 0 aliphatic carbocycles. The molecule has 1 aliphatic rings. The molecule has 1 aromatic rings. The van der Waals surface area contributed by atoms with Gasteiger partial charge in [0, 0.05) is 7.05 Å². The fraction of sp³-hybridized carbons (Fsp3) is 0.778. The molecule has 0 amide bonds. The Labute approximate surface area is 88.6 Å². The molecular weight excluding hydrogens is 196 g/mol. The Kier molecular flexibility index (Phi) is 3.30. The molecule has 1 aromatic heterocycles. The van der Waals surface area contributed by atoms with Gasteiger partial charge in [0.15, 0.2) is 0 Å². The van der Waals surface area contributed by atoms with Crippen molar-refractivity contribution in [2.75, 3.05) is 26.9 Å². The molecule has 2 unspecified atom stereocenters. The highest BCUT2D eigenvalue weighted by molar-refractivity contribution is 5.04. The minimum absolute atomic E-state index is 0.0287. The summed E-state index contributed by atoms with van der Waals surface area (Å²) < 4.78 is 12.8. The number of nitrogens with zero attached hydrogens (tertiary/aromatic N) is 3. The number of nitrogens with one attached hydrogen (secondary N) is 1. The lowest BCUT2D eigenvalue weighted by Gasteiger charge is -2.29. The second-order valence-electron chi connectivity index (χ2n) is 3.53. The van der Waals surface area contributed by atoms with Gasteiger partial charge in [0.2, 0.25) is 0 Å². The molecule has 1 aliphatic heterocycles. The standard InChI is InChI=1S/C9H16N4O2/c1-10-9(7-5-11-12-13(7)2)8-6-14-3-4-15-8/h5,8-10H,3-4,6H2,1-2H3. The van der Waals surface area contributed by atoms with E-state index in [-0.39, 0.29) is 12.1 Å². The van der Waals surface area contributed by atoms with Crippen LogP contribution in [0.4, 0.5) is 0 Å². The highest BCUT2D eigenvalue weighted by atomic mass is 16.6. The van der Waals surface area contributed by atoms with E-state index in [2.05, 4.69) is 15.6 Å². The normalized spacial score (nSPS) is 24.0. The molecule has 6 nitrogen and oxygen atoms in total. The maximum atomic E-state index is 5.65. The molecule has 1 N–H and O–H groups in total. The van der Waals surface area contributed by atoms with Crippen molar-refractivity contribution in [1.82, 2.24) is 20.3 Å². The van der Waals surface area contributed by atoms with E-state index in [9.17, 15) is 0 Å². The highest BCUT2D eigenvalue weighted by Crippen LogP contribution is 2.19. The number of rotatable bonds is 3. The molecule has 0 aromatic carbocycles.